The highest BCUT2D eigenvalue weighted by Crippen LogP contribution is 2.36. The van der Waals surface area contributed by atoms with Crippen molar-refractivity contribution >= 4 is 11.9 Å². The van der Waals surface area contributed by atoms with E-state index in [1.54, 1.807) is 13.8 Å². The smallest absolute Gasteiger partial charge is 0.416 e. The van der Waals surface area contributed by atoms with E-state index in [4.69, 9.17) is 5.11 Å². The summed E-state index contributed by atoms with van der Waals surface area (Å²) in [6, 6.07) is -0.530. The molecule has 0 spiro atoms. The molecule has 0 fully saturated rings. The maximum Gasteiger partial charge on any atom is 0.416 e. The predicted molar refractivity (Wildman–Crippen MR) is 83.8 cm³/mol. The van der Waals surface area contributed by atoms with Crippen molar-refractivity contribution in [2.45, 2.75) is 45.1 Å². The molecule has 2 N–H and O–H groups in total. The molecule has 0 aliphatic heterocycles. The van der Waals surface area contributed by atoms with Crippen LogP contribution in [0.1, 0.15) is 37.0 Å². The lowest BCUT2D eigenvalue weighted by molar-refractivity contribution is -0.143. The van der Waals surface area contributed by atoms with Gasteiger partial charge < -0.3 is 10.4 Å². The van der Waals surface area contributed by atoms with Crippen LogP contribution in [0.25, 0.3) is 0 Å². The van der Waals surface area contributed by atoms with Crippen molar-refractivity contribution in [1.82, 2.24) is 5.32 Å². The summed E-state index contributed by atoms with van der Waals surface area (Å²) in [6.45, 7) is 3.39. The molecule has 0 aliphatic carbocycles. The number of halogens is 6. The molecule has 0 heterocycles. The zero-order chi connectivity index (χ0) is 21.0. The van der Waals surface area contributed by atoms with Crippen LogP contribution in [0.5, 0.6) is 0 Å². The van der Waals surface area contributed by atoms with Gasteiger partial charge in [0.15, 0.2) is 0 Å². The Hall–Kier alpha value is -2.52. The second-order valence-corrected chi connectivity index (χ2v) is 6.07. The molecule has 150 valence electrons. The van der Waals surface area contributed by atoms with Crippen LogP contribution in [0.3, 0.4) is 0 Å². The summed E-state index contributed by atoms with van der Waals surface area (Å²) in [7, 11) is 0. The molecular formula is C17H17F6NO3. The van der Waals surface area contributed by atoms with Crippen LogP contribution >= 0.6 is 0 Å². The lowest BCUT2D eigenvalue weighted by Gasteiger charge is -2.16. The van der Waals surface area contributed by atoms with E-state index in [0.29, 0.717) is 12.1 Å². The summed E-state index contributed by atoms with van der Waals surface area (Å²) in [6.07, 6.45) is -9.42. The SMILES string of the molecule is CC(C)=CC[C@H](NC(=O)Cc1cc(C(F)(F)F)cc(C(F)(F)F)c1)C(=O)O. The molecule has 4 nitrogen and oxygen atoms in total. The largest absolute Gasteiger partial charge is 0.480 e. The van der Waals surface area contributed by atoms with E-state index >= 15 is 0 Å². The first-order chi connectivity index (χ1) is 12.2. The van der Waals surface area contributed by atoms with Crippen LogP contribution in [0, 0.1) is 0 Å². The molecule has 1 rings (SSSR count). The number of carbonyl (C=O) groups excluding carboxylic acids is 1. The van der Waals surface area contributed by atoms with Crippen molar-refractivity contribution < 1.29 is 41.0 Å². The van der Waals surface area contributed by atoms with Gasteiger partial charge in [0.2, 0.25) is 5.91 Å². The van der Waals surface area contributed by atoms with Crippen LogP contribution in [0.4, 0.5) is 26.3 Å². The highest BCUT2D eigenvalue weighted by Gasteiger charge is 2.37. The molecule has 1 aromatic rings. The Morgan fingerprint density at radius 3 is 1.89 bits per heavy atom. The standard InChI is InChI=1S/C17H17F6NO3/c1-9(2)3-4-13(15(26)27)24-14(25)7-10-5-11(16(18,19)20)8-12(6-10)17(21,22)23/h3,5-6,8,13H,4,7H2,1-2H3,(H,24,25)(H,26,27)/t13-/m0/s1. The molecular weight excluding hydrogens is 380 g/mol. The minimum Gasteiger partial charge on any atom is -0.480 e. The number of carboxylic acid groups (broad SMARTS) is 1. The minimum absolute atomic E-state index is 0.0454. The summed E-state index contributed by atoms with van der Waals surface area (Å²) in [5.41, 5.74) is -2.83. The summed E-state index contributed by atoms with van der Waals surface area (Å²) in [5, 5.41) is 11.2. The summed E-state index contributed by atoms with van der Waals surface area (Å²) in [5.74, 6) is -2.38. The van der Waals surface area contributed by atoms with Crippen LogP contribution in [0.15, 0.2) is 29.8 Å². The fourth-order valence-corrected chi connectivity index (χ4v) is 2.13. The molecule has 0 unspecified atom stereocenters. The Kier molecular flexibility index (Phi) is 7.05. The molecule has 27 heavy (non-hydrogen) atoms. The van der Waals surface area contributed by atoms with Gasteiger partial charge in [0.05, 0.1) is 17.5 Å². The van der Waals surface area contributed by atoms with Gasteiger partial charge in [-0.05, 0) is 44.0 Å². The first-order valence-corrected chi connectivity index (χ1v) is 7.64. The van der Waals surface area contributed by atoms with Crippen LogP contribution < -0.4 is 5.32 Å². The van der Waals surface area contributed by atoms with Gasteiger partial charge in [0.25, 0.3) is 0 Å². The molecule has 1 amide bonds. The average Bonchev–Trinajstić information content (AvgIpc) is 2.48. The Balaban J connectivity index is 3.07. The van der Waals surface area contributed by atoms with Gasteiger partial charge in [-0.1, -0.05) is 11.6 Å². The fourth-order valence-electron chi connectivity index (χ4n) is 2.13. The van der Waals surface area contributed by atoms with E-state index in [2.05, 4.69) is 5.32 Å². The first kappa shape index (κ1) is 22.5. The third kappa shape index (κ3) is 7.32. The van der Waals surface area contributed by atoms with E-state index in [9.17, 15) is 35.9 Å². The third-order valence-corrected chi connectivity index (χ3v) is 3.41. The molecule has 0 saturated heterocycles. The van der Waals surface area contributed by atoms with Crippen LogP contribution in [0.2, 0.25) is 0 Å². The molecule has 0 radical (unpaired) electrons. The van der Waals surface area contributed by atoms with Crippen molar-refractivity contribution in [3.8, 4) is 0 Å². The molecule has 0 aromatic heterocycles. The van der Waals surface area contributed by atoms with E-state index in [-0.39, 0.29) is 12.5 Å². The molecule has 1 atom stereocenters. The maximum atomic E-state index is 12.8. The molecule has 0 saturated carbocycles. The van der Waals surface area contributed by atoms with Gasteiger partial charge in [-0.2, -0.15) is 26.3 Å². The predicted octanol–water partition coefficient (Wildman–Crippen LogP) is 4.19. The minimum atomic E-state index is -5.03. The molecule has 0 bridgehead atoms. The van der Waals surface area contributed by atoms with E-state index in [1.165, 1.54) is 6.08 Å². The number of hydrogen-bond donors (Lipinski definition) is 2. The zero-order valence-corrected chi connectivity index (χ0v) is 14.3. The van der Waals surface area contributed by atoms with Crippen molar-refractivity contribution in [2.75, 3.05) is 0 Å². The average molecular weight is 397 g/mol. The van der Waals surface area contributed by atoms with Crippen molar-refractivity contribution in [3.63, 3.8) is 0 Å². The Morgan fingerprint density at radius 2 is 1.52 bits per heavy atom. The Morgan fingerprint density at radius 1 is 1.04 bits per heavy atom. The maximum absolute atomic E-state index is 12.8. The quantitative estimate of drug-likeness (QED) is 0.559. The highest BCUT2D eigenvalue weighted by molar-refractivity contribution is 5.85. The Bertz CT molecular complexity index is 701. The third-order valence-electron chi connectivity index (χ3n) is 3.41. The molecule has 1 aromatic carbocycles. The van der Waals surface area contributed by atoms with Gasteiger partial charge in [0, 0.05) is 0 Å². The second kappa shape index (κ2) is 8.45. The van der Waals surface area contributed by atoms with Gasteiger partial charge in [-0.3, -0.25) is 4.79 Å². The number of carbonyl (C=O) groups is 2. The van der Waals surface area contributed by atoms with Crippen LogP contribution in [-0.2, 0) is 28.4 Å². The molecule has 0 aliphatic rings. The number of carboxylic acids is 1. The van der Waals surface area contributed by atoms with E-state index in [1.807, 2.05) is 0 Å². The topological polar surface area (TPSA) is 66.4 Å². The number of rotatable bonds is 6. The van der Waals surface area contributed by atoms with Gasteiger partial charge in [-0.15, -0.1) is 0 Å². The summed E-state index contributed by atoms with van der Waals surface area (Å²) in [4.78, 5) is 23.1. The number of aliphatic carboxylic acids is 1. The normalized spacial score (nSPS) is 13.0. The number of allylic oxidation sites excluding steroid dienone is 1. The number of alkyl halides is 6. The molecule has 10 heteroatoms. The van der Waals surface area contributed by atoms with Crippen molar-refractivity contribution in [2.24, 2.45) is 0 Å². The number of hydrogen-bond acceptors (Lipinski definition) is 2. The zero-order valence-electron chi connectivity index (χ0n) is 14.3. The first-order valence-electron chi connectivity index (χ1n) is 7.64. The van der Waals surface area contributed by atoms with Gasteiger partial charge in [0.1, 0.15) is 6.04 Å². The lowest BCUT2D eigenvalue weighted by atomic mass is 10.0. The van der Waals surface area contributed by atoms with Gasteiger partial charge >= 0.3 is 18.3 Å². The monoisotopic (exact) mass is 397 g/mol. The highest BCUT2D eigenvalue weighted by atomic mass is 19.4. The number of amides is 1. The Labute approximate surface area is 150 Å². The van der Waals surface area contributed by atoms with Gasteiger partial charge in [-0.25, -0.2) is 4.79 Å². The van der Waals surface area contributed by atoms with Crippen LogP contribution in [-0.4, -0.2) is 23.0 Å². The number of benzene rings is 1. The van der Waals surface area contributed by atoms with E-state index in [0.717, 1.165) is 5.57 Å². The summed E-state index contributed by atoms with van der Waals surface area (Å²) >= 11 is 0. The summed E-state index contributed by atoms with van der Waals surface area (Å²) < 4.78 is 76.9. The lowest BCUT2D eigenvalue weighted by Crippen LogP contribution is -2.41. The number of nitrogens with one attached hydrogen (secondary N) is 1. The second-order valence-electron chi connectivity index (χ2n) is 6.07. The van der Waals surface area contributed by atoms with E-state index < -0.39 is 53.4 Å². The fraction of sp³-hybridized carbons (Fsp3) is 0.412. The van der Waals surface area contributed by atoms with Crippen molar-refractivity contribution in [3.05, 3.63) is 46.5 Å². The van der Waals surface area contributed by atoms with Crippen molar-refractivity contribution in [1.29, 1.82) is 0 Å².